The topological polar surface area (TPSA) is 103 Å². The summed E-state index contributed by atoms with van der Waals surface area (Å²) in [6.45, 7) is 0. The van der Waals surface area contributed by atoms with Gasteiger partial charge in [0.2, 0.25) is 5.95 Å². The number of anilines is 4. The molecule has 0 unspecified atom stereocenters. The number of rotatable bonds is 5. The van der Waals surface area contributed by atoms with E-state index in [1.165, 1.54) is 49.7 Å². The van der Waals surface area contributed by atoms with Crippen LogP contribution < -0.4 is 16.0 Å². The van der Waals surface area contributed by atoms with E-state index in [1.54, 1.807) is 12.1 Å². The van der Waals surface area contributed by atoms with Gasteiger partial charge in [0.05, 0.1) is 29.1 Å². The van der Waals surface area contributed by atoms with Crippen LogP contribution in [0.1, 0.15) is 46.3 Å². The Labute approximate surface area is 191 Å². The molecule has 0 saturated carbocycles. The van der Waals surface area contributed by atoms with Crippen LogP contribution in [0.2, 0.25) is 5.02 Å². The van der Waals surface area contributed by atoms with Crippen molar-refractivity contribution in [2.24, 2.45) is 0 Å². The number of nitrogens with zero attached hydrogens (tertiary/aromatic N) is 3. The summed E-state index contributed by atoms with van der Waals surface area (Å²) in [4.78, 5) is 21.1. The van der Waals surface area contributed by atoms with Gasteiger partial charge in [-0.25, -0.2) is 4.98 Å². The minimum atomic E-state index is -0.321. The van der Waals surface area contributed by atoms with Crippen LogP contribution in [0.4, 0.5) is 23.1 Å². The first-order valence-electron chi connectivity index (χ1n) is 10.5. The Bertz CT molecular complexity index is 1200. The SMILES string of the molecule is CNC(=O)c1cc(C#N)ccc1Nc1nc(Nc2ccc3c(c2)CCCCC3)ncc1Cl. The molecule has 7 nitrogen and oxygen atoms in total. The van der Waals surface area contributed by atoms with Crippen molar-refractivity contribution in [3.8, 4) is 6.07 Å². The maximum Gasteiger partial charge on any atom is 0.253 e. The van der Waals surface area contributed by atoms with Crippen LogP contribution in [0.15, 0.2) is 42.6 Å². The molecular weight excluding hydrogens is 424 g/mol. The zero-order chi connectivity index (χ0) is 22.5. The van der Waals surface area contributed by atoms with Gasteiger partial charge >= 0.3 is 0 Å². The van der Waals surface area contributed by atoms with E-state index in [2.05, 4.69) is 38.1 Å². The van der Waals surface area contributed by atoms with E-state index < -0.39 is 0 Å². The van der Waals surface area contributed by atoms with Gasteiger partial charge in [0, 0.05) is 12.7 Å². The van der Waals surface area contributed by atoms with Crippen molar-refractivity contribution < 1.29 is 4.79 Å². The fourth-order valence-electron chi connectivity index (χ4n) is 3.80. The molecule has 1 aliphatic rings. The number of halogens is 1. The number of amides is 1. The number of fused-ring (bicyclic) bond motifs is 1. The van der Waals surface area contributed by atoms with E-state index in [0.717, 1.165) is 18.5 Å². The summed E-state index contributed by atoms with van der Waals surface area (Å²) in [7, 11) is 1.53. The number of nitriles is 1. The number of aryl methyl sites for hydroxylation is 2. The Balaban J connectivity index is 1.60. The molecule has 8 heteroatoms. The molecule has 32 heavy (non-hydrogen) atoms. The lowest BCUT2D eigenvalue weighted by molar-refractivity contribution is 0.0964. The fraction of sp³-hybridized carbons (Fsp3) is 0.250. The van der Waals surface area contributed by atoms with Gasteiger partial charge in [-0.15, -0.1) is 0 Å². The number of carbonyl (C=O) groups is 1. The van der Waals surface area contributed by atoms with Crippen molar-refractivity contribution in [3.05, 3.63) is 69.9 Å². The Kier molecular flexibility index (Phi) is 6.52. The minimum absolute atomic E-state index is 0.310. The van der Waals surface area contributed by atoms with Gasteiger partial charge in [-0.2, -0.15) is 10.2 Å². The maximum atomic E-state index is 12.3. The highest BCUT2D eigenvalue weighted by molar-refractivity contribution is 6.33. The number of hydrogen-bond donors (Lipinski definition) is 3. The summed E-state index contributed by atoms with van der Waals surface area (Å²) in [5, 5.41) is 18.4. The summed E-state index contributed by atoms with van der Waals surface area (Å²) < 4.78 is 0. The third kappa shape index (κ3) is 4.82. The maximum absolute atomic E-state index is 12.3. The highest BCUT2D eigenvalue weighted by Gasteiger charge is 2.15. The average Bonchev–Trinajstić information content (AvgIpc) is 3.06. The molecule has 0 spiro atoms. The van der Waals surface area contributed by atoms with Crippen LogP contribution in [-0.4, -0.2) is 22.9 Å². The molecule has 1 aromatic heterocycles. The van der Waals surface area contributed by atoms with E-state index >= 15 is 0 Å². The minimum Gasteiger partial charge on any atom is -0.355 e. The molecule has 0 fully saturated rings. The molecule has 3 aromatic rings. The molecule has 3 N–H and O–H groups in total. The normalized spacial score (nSPS) is 12.8. The molecule has 4 rings (SSSR count). The van der Waals surface area contributed by atoms with Gasteiger partial charge in [-0.1, -0.05) is 24.1 Å². The Morgan fingerprint density at radius 3 is 2.66 bits per heavy atom. The molecule has 1 amide bonds. The number of aromatic nitrogens is 2. The molecule has 0 saturated heterocycles. The Hall–Kier alpha value is -3.63. The van der Waals surface area contributed by atoms with E-state index in [1.807, 2.05) is 12.1 Å². The summed E-state index contributed by atoms with van der Waals surface area (Å²) in [6, 6.07) is 13.2. The quantitative estimate of drug-likeness (QED) is 0.470. The molecule has 0 bridgehead atoms. The standard InChI is InChI=1S/C24H23ClN6O/c1-27-23(32)19-11-15(13-26)7-10-21(19)30-22-20(25)14-28-24(31-22)29-18-9-8-16-5-3-2-4-6-17(16)12-18/h7-12,14H,2-6H2,1H3,(H,27,32)(H2,28,29,30,31). The van der Waals surface area contributed by atoms with Gasteiger partial charge in [-0.05, 0) is 67.1 Å². The van der Waals surface area contributed by atoms with Crippen LogP contribution in [0.5, 0.6) is 0 Å². The predicted molar refractivity (Wildman–Crippen MR) is 126 cm³/mol. The lowest BCUT2D eigenvalue weighted by Crippen LogP contribution is -2.19. The molecule has 162 valence electrons. The molecule has 0 atom stereocenters. The zero-order valence-electron chi connectivity index (χ0n) is 17.7. The monoisotopic (exact) mass is 446 g/mol. The van der Waals surface area contributed by atoms with E-state index in [0.29, 0.717) is 33.6 Å². The highest BCUT2D eigenvalue weighted by Crippen LogP contribution is 2.29. The van der Waals surface area contributed by atoms with Crippen molar-refractivity contribution in [2.75, 3.05) is 17.7 Å². The zero-order valence-corrected chi connectivity index (χ0v) is 18.5. The summed E-state index contributed by atoms with van der Waals surface area (Å²) in [5.74, 6) is 0.424. The smallest absolute Gasteiger partial charge is 0.253 e. The van der Waals surface area contributed by atoms with Crippen molar-refractivity contribution in [3.63, 3.8) is 0 Å². The Morgan fingerprint density at radius 2 is 1.88 bits per heavy atom. The van der Waals surface area contributed by atoms with E-state index in [-0.39, 0.29) is 5.91 Å². The van der Waals surface area contributed by atoms with E-state index in [4.69, 9.17) is 16.9 Å². The van der Waals surface area contributed by atoms with Crippen LogP contribution in [0, 0.1) is 11.3 Å². The third-order valence-corrected chi connectivity index (χ3v) is 5.75. The van der Waals surface area contributed by atoms with Gasteiger partial charge in [-0.3, -0.25) is 4.79 Å². The van der Waals surface area contributed by atoms with Crippen LogP contribution >= 0.6 is 11.6 Å². The van der Waals surface area contributed by atoms with Crippen molar-refractivity contribution in [1.82, 2.24) is 15.3 Å². The number of hydrogen-bond acceptors (Lipinski definition) is 6. The average molecular weight is 447 g/mol. The fourth-order valence-corrected chi connectivity index (χ4v) is 3.94. The molecule has 1 heterocycles. The Morgan fingerprint density at radius 1 is 1.06 bits per heavy atom. The van der Waals surface area contributed by atoms with Crippen LogP contribution in [-0.2, 0) is 12.8 Å². The highest BCUT2D eigenvalue weighted by atomic mass is 35.5. The lowest BCUT2D eigenvalue weighted by atomic mass is 10.0. The van der Waals surface area contributed by atoms with Gasteiger partial charge in [0.25, 0.3) is 5.91 Å². The number of carbonyl (C=O) groups excluding carboxylic acids is 1. The molecule has 0 radical (unpaired) electrons. The third-order valence-electron chi connectivity index (χ3n) is 5.47. The first-order valence-corrected chi connectivity index (χ1v) is 10.9. The summed E-state index contributed by atoms with van der Waals surface area (Å²) in [6.07, 6.45) is 7.42. The first-order chi connectivity index (χ1) is 15.6. The first kappa shape index (κ1) is 21.6. The van der Waals surface area contributed by atoms with Crippen LogP contribution in [0.25, 0.3) is 0 Å². The number of nitrogens with one attached hydrogen (secondary N) is 3. The second-order valence-corrected chi connectivity index (χ2v) is 8.04. The van der Waals surface area contributed by atoms with Crippen LogP contribution in [0.3, 0.4) is 0 Å². The van der Waals surface area contributed by atoms with Crippen molar-refractivity contribution >= 4 is 40.6 Å². The van der Waals surface area contributed by atoms with Gasteiger partial charge < -0.3 is 16.0 Å². The van der Waals surface area contributed by atoms with Gasteiger partial charge in [0.1, 0.15) is 5.02 Å². The predicted octanol–water partition coefficient (Wildman–Crippen LogP) is 5.12. The summed E-state index contributed by atoms with van der Waals surface area (Å²) in [5.41, 5.74) is 4.89. The largest absolute Gasteiger partial charge is 0.355 e. The molecule has 1 aliphatic carbocycles. The molecule has 0 aliphatic heterocycles. The van der Waals surface area contributed by atoms with E-state index in [9.17, 15) is 4.79 Å². The summed E-state index contributed by atoms with van der Waals surface area (Å²) >= 11 is 6.32. The van der Waals surface area contributed by atoms with Crippen molar-refractivity contribution in [1.29, 1.82) is 5.26 Å². The number of benzene rings is 2. The second kappa shape index (κ2) is 9.67. The molecular formula is C24H23ClN6O. The lowest BCUT2D eigenvalue weighted by Gasteiger charge is -2.14. The van der Waals surface area contributed by atoms with Crippen molar-refractivity contribution in [2.45, 2.75) is 32.1 Å². The second-order valence-electron chi connectivity index (χ2n) is 7.64. The molecule has 2 aromatic carbocycles. The van der Waals surface area contributed by atoms with Gasteiger partial charge in [0.15, 0.2) is 5.82 Å².